The highest BCUT2D eigenvalue weighted by Crippen LogP contribution is 2.26. The van der Waals surface area contributed by atoms with E-state index in [0.29, 0.717) is 5.56 Å². The zero-order valence-corrected chi connectivity index (χ0v) is 10.2. The standard InChI is InChI=1S/C12H16F3NO2/c1-11(2,17)8-16-7-9-5-3-4-6-10(9)18-12(13,14)15/h3-6,16-17H,7-8H2,1-2H3. The number of alkyl halides is 3. The van der Waals surface area contributed by atoms with Gasteiger partial charge in [0.2, 0.25) is 0 Å². The molecule has 1 aromatic carbocycles. The van der Waals surface area contributed by atoms with Gasteiger partial charge in [-0.25, -0.2) is 0 Å². The number of benzene rings is 1. The van der Waals surface area contributed by atoms with E-state index in [1.54, 1.807) is 26.0 Å². The first-order chi connectivity index (χ1) is 8.17. The number of rotatable bonds is 5. The molecule has 0 unspecified atom stereocenters. The van der Waals surface area contributed by atoms with Crippen LogP contribution in [0, 0.1) is 0 Å². The maximum absolute atomic E-state index is 12.2. The first-order valence-electron chi connectivity index (χ1n) is 5.44. The Kier molecular flexibility index (Phi) is 4.59. The van der Waals surface area contributed by atoms with Gasteiger partial charge in [-0.2, -0.15) is 0 Å². The molecule has 0 atom stereocenters. The molecule has 6 heteroatoms. The van der Waals surface area contributed by atoms with Crippen LogP contribution >= 0.6 is 0 Å². The monoisotopic (exact) mass is 263 g/mol. The van der Waals surface area contributed by atoms with Crippen LogP contribution in [0.25, 0.3) is 0 Å². The first kappa shape index (κ1) is 14.8. The van der Waals surface area contributed by atoms with Crippen LogP contribution in [0.1, 0.15) is 19.4 Å². The van der Waals surface area contributed by atoms with Gasteiger partial charge < -0.3 is 15.2 Å². The van der Waals surface area contributed by atoms with Crippen molar-refractivity contribution in [3.8, 4) is 5.75 Å². The molecule has 0 heterocycles. The molecular formula is C12H16F3NO2. The van der Waals surface area contributed by atoms with E-state index in [-0.39, 0.29) is 18.8 Å². The summed E-state index contributed by atoms with van der Waals surface area (Å²) < 4.78 is 40.4. The number of hydrogen-bond acceptors (Lipinski definition) is 3. The van der Waals surface area contributed by atoms with Crippen molar-refractivity contribution in [1.82, 2.24) is 5.32 Å². The molecule has 0 amide bonds. The third-order valence-electron chi connectivity index (χ3n) is 2.07. The molecule has 2 N–H and O–H groups in total. The summed E-state index contributed by atoms with van der Waals surface area (Å²) >= 11 is 0. The Labute approximate surface area is 104 Å². The number of hydrogen-bond donors (Lipinski definition) is 2. The molecule has 0 fully saturated rings. The van der Waals surface area contributed by atoms with Crippen molar-refractivity contribution in [3.63, 3.8) is 0 Å². The summed E-state index contributed by atoms with van der Waals surface area (Å²) in [7, 11) is 0. The first-order valence-corrected chi connectivity index (χ1v) is 5.44. The second-order valence-electron chi connectivity index (χ2n) is 4.57. The SMILES string of the molecule is CC(C)(O)CNCc1ccccc1OC(F)(F)F. The lowest BCUT2D eigenvalue weighted by molar-refractivity contribution is -0.274. The van der Waals surface area contributed by atoms with Gasteiger partial charge in [0, 0.05) is 18.7 Å². The van der Waals surface area contributed by atoms with Crippen molar-refractivity contribution in [2.45, 2.75) is 32.4 Å². The van der Waals surface area contributed by atoms with Gasteiger partial charge in [0.25, 0.3) is 0 Å². The molecule has 18 heavy (non-hydrogen) atoms. The molecule has 0 aromatic heterocycles. The van der Waals surface area contributed by atoms with Gasteiger partial charge in [-0.15, -0.1) is 13.2 Å². The van der Waals surface area contributed by atoms with Gasteiger partial charge in [0.1, 0.15) is 5.75 Å². The maximum atomic E-state index is 12.2. The van der Waals surface area contributed by atoms with Crippen LogP contribution in [-0.4, -0.2) is 23.6 Å². The fraction of sp³-hybridized carbons (Fsp3) is 0.500. The summed E-state index contributed by atoms with van der Waals surface area (Å²) in [6.45, 7) is 3.68. The van der Waals surface area contributed by atoms with Crippen molar-refractivity contribution in [3.05, 3.63) is 29.8 Å². The average Bonchev–Trinajstić information content (AvgIpc) is 2.16. The van der Waals surface area contributed by atoms with E-state index in [1.807, 2.05) is 0 Å². The van der Waals surface area contributed by atoms with E-state index in [1.165, 1.54) is 12.1 Å². The second kappa shape index (κ2) is 5.58. The minimum absolute atomic E-state index is 0.191. The minimum Gasteiger partial charge on any atom is -0.405 e. The van der Waals surface area contributed by atoms with Crippen molar-refractivity contribution in [2.75, 3.05) is 6.54 Å². The van der Waals surface area contributed by atoms with Crippen LogP contribution in [0.2, 0.25) is 0 Å². The van der Waals surface area contributed by atoms with E-state index in [0.717, 1.165) is 0 Å². The maximum Gasteiger partial charge on any atom is 0.573 e. The Hall–Kier alpha value is -1.27. The molecule has 0 bridgehead atoms. The van der Waals surface area contributed by atoms with Crippen LogP contribution in [0.4, 0.5) is 13.2 Å². The number of para-hydroxylation sites is 1. The van der Waals surface area contributed by atoms with Gasteiger partial charge in [0.05, 0.1) is 5.60 Å². The molecule has 1 rings (SSSR count). The van der Waals surface area contributed by atoms with Crippen molar-refractivity contribution in [1.29, 1.82) is 0 Å². The van der Waals surface area contributed by atoms with E-state index < -0.39 is 12.0 Å². The number of aliphatic hydroxyl groups is 1. The lowest BCUT2D eigenvalue weighted by Crippen LogP contribution is -2.34. The smallest absolute Gasteiger partial charge is 0.405 e. The summed E-state index contributed by atoms with van der Waals surface area (Å²) in [6.07, 6.45) is -4.70. The largest absolute Gasteiger partial charge is 0.573 e. The van der Waals surface area contributed by atoms with E-state index in [2.05, 4.69) is 10.1 Å². The average molecular weight is 263 g/mol. The molecule has 3 nitrogen and oxygen atoms in total. The van der Waals surface area contributed by atoms with E-state index in [9.17, 15) is 18.3 Å². The topological polar surface area (TPSA) is 41.5 Å². The van der Waals surface area contributed by atoms with Gasteiger partial charge in [-0.1, -0.05) is 18.2 Å². The molecule has 0 aliphatic carbocycles. The highest BCUT2D eigenvalue weighted by Gasteiger charge is 2.31. The van der Waals surface area contributed by atoms with Crippen LogP contribution in [-0.2, 0) is 6.54 Å². The van der Waals surface area contributed by atoms with E-state index in [4.69, 9.17) is 0 Å². The fourth-order valence-electron chi connectivity index (χ4n) is 1.38. The predicted octanol–water partition coefficient (Wildman–Crippen LogP) is 2.45. The van der Waals surface area contributed by atoms with Gasteiger partial charge in [-0.05, 0) is 19.9 Å². The molecule has 102 valence electrons. The predicted molar refractivity (Wildman–Crippen MR) is 61.1 cm³/mol. The van der Waals surface area contributed by atoms with Gasteiger partial charge in [-0.3, -0.25) is 0 Å². The molecule has 0 spiro atoms. The Balaban J connectivity index is 2.65. The number of ether oxygens (including phenoxy) is 1. The second-order valence-corrected chi connectivity index (χ2v) is 4.57. The van der Waals surface area contributed by atoms with Gasteiger partial charge >= 0.3 is 6.36 Å². The Morgan fingerprint density at radius 1 is 1.22 bits per heavy atom. The normalized spacial score (nSPS) is 12.6. The lowest BCUT2D eigenvalue weighted by Gasteiger charge is -2.19. The molecule has 0 aliphatic heterocycles. The summed E-state index contributed by atoms with van der Waals surface area (Å²) in [4.78, 5) is 0. The summed E-state index contributed by atoms with van der Waals surface area (Å²) in [5.74, 6) is -0.228. The zero-order chi connectivity index (χ0) is 13.8. The van der Waals surface area contributed by atoms with Crippen molar-refractivity contribution >= 4 is 0 Å². The van der Waals surface area contributed by atoms with Crippen molar-refractivity contribution in [2.24, 2.45) is 0 Å². The quantitative estimate of drug-likeness (QED) is 0.857. The number of nitrogens with one attached hydrogen (secondary N) is 1. The molecule has 0 saturated carbocycles. The molecule has 0 aliphatic rings. The molecule has 0 saturated heterocycles. The fourth-order valence-corrected chi connectivity index (χ4v) is 1.38. The van der Waals surface area contributed by atoms with E-state index >= 15 is 0 Å². The van der Waals surface area contributed by atoms with Crippen molar-refractivity contribution < 1.29 is 23.0 Å². The highest BCUT2D eigenvalue weighted by molar-refractivity contribution is 5.33. The third kappa shape index (κ3) is 5.88. The van der Waals surface area contributed by atoms with Crippen LogP contribution < -0.4 is 10.1 Å². The van der Waals surface area contributed by atoms with Crippen LogP contribution in [0.5, 0.6) is 5.75 Å². The Morgan fingerprint density at radius 2 is 1.83 bits per heavy atom. The Morgan fingerprint density at radius 3 is 2.39 bits per heavy atom. The summed E-state index contributed by atoms with van der Waals surface area (Å²) in [6, 6.07) is 5.90. The van der Waals surface area contributed by atoms with Crippen LogP contribution in [0.3, 0.4) is 0 Å². The third-order valence-corrected chi connectivity index (χ3v) is 2.07. The summed E-state index contributed by atoms with van der Waals surface area (Å²) in [5.41, 5.74) is -0.529. The lowest BCUT2D eigenvalue weighted by atomic mass is 10.1. The van der Waals surface area contributed by atoms with Gasteiger partial charge in [0.15, 0.2) is 0 Å². The summed E-state index contributed by atoms with van der Waals surface area (Å²) in [5, 5.41) is 12.3. The molecular weight excluding hydrogens is 247 g/mol. The molecule has 0 radical (unpaired) electrons. The van der Waals surface area contributed by atoms with Crippen LogP contribution in [0.15, 0.2) is 24.3 Å². The Bertz CT molecular complexity index is 386. The molecule has 1 aromatic rings. The highest BCUT2D eigenvalue weighted by atomic mass is 19.4. The zero-order valence-electron chi connectivity index (χ0n) is 10.2. The minimum atomic E-state index is -4.70. The number of halogens is 3.